The smallest absolute Gasteiger partial charge is 0.223 e. The summed E-state index contributed by atoms with van der Waals surface area (Å²) in [6.45, 7) is 4.87. The second-order valence-corrected chi connectivity index (χ2v) is 5.22. The van der Waals surface area contributed by atoms with Crippen LogP contribution in [0, 0.1) is 0 Å². The first-order valence-electron chi connectivity index (χ1n) is 7.43. The quantitative estimate of drug-likeness (QED) is 0.947. The molecule has 0 aliphatic carbocycles. The number of aromatic nitrogens is 2. The Balaban J connectivity index is 2.03. The molecule has 0 radical (unpaired) electrons. The van der Waals surface area contributed by atoms with Crippen molar-refractivity contribution in [2.75, 3.05) is 18.1 Å². The molecule has 2 heterocycles. The number of benzene rings is 1. The van der Waals surface area contributed by atoms with Crippen LogP contribution in [-0.4, -0.2) is 29.0 Å². The zero-order chi connectivity index (χ0) is 15.5. The van der Waals surface area contributed by atoms with E-state index in [1.54, 1.807) is 24.3 Å². The summed E-state index contributed by atoms with van der Waals surface area (Å²) in [6, 6.07) is 5.90. The van der Waals surface area contributed by atoms with Crippen LogP contribution in [0.5, 0.6) is 5.75 Å². The minimum absolute atomic E-state index is 0.0401. The first kappa shape index (κ1) is 14.4. The summed E-state index contributed by atoms with van der Waals surface area (Å²) in [4.78, 5) is 20.6. The fraction of sp³-hybridized carbons (Fsp3) is 0.294. The Hall–Kier alpha value is -2.56. The Bertz CT molecular complexity index is 705. The minimum atomic E-state index is 0.0401. The highest BCUT2D eigenvalue weighted by Crippen LogP contribution is 2.36. The van der Waals surface area contributed by atoms with Crippen molar-refractivity contribution in [1.29, 1.82) is 0 Å². The number of hydrogen-bond donors (Lipinski definition) is 1. The molecular weight excluding hydrogens is 278 g/mol. The third kappa shape index (κ3) is 2.74. The predicted octanol–water partition coefficient (Wildman–Crippen LogP) is 3.11. The molecule has 1 N–H and O–H groups in total. The molecule has 5 nitrogen and oxygen atoms in total. The number of carbonyl (C=O) groups excluding carboxylic acids is 1. The normalized spacial score (nSPS) is 15.3. The molecule has 1 amide bonds. The molecule has 3 rings (SSSR count). The van der Waals surface area contributed by atoms with Gasteiger partial charge in [-0.1, -0.05) is 0 Å². The van der Waals surface area contributed by atoms with Crippen molar-refractivity contribution < 1.29 is 9.53 Å². The molecule has 0 spiro atoms. The number of imidazole rings is 1. The Labute approximate surface area is 129 Å². The van der Waals surface area contributed by atoms with Crippen molar-refractivity contribution in [3.63, 3.8) is 0 Å². The van der Waals surface area contributed by atoms with Gasteiger partial charge in [0.1, 0.15) is 5.75 Å². The van der Waals surface area contributed by atoms with Gasteiger partial charge in [0.05, 0.1) is 24.8 Å². The lowest BCUT2D eigenvalue weighted by molar-refractivity contribution is -0.116. The zero-order valence-corrected chi connectivity index (χ0v) is 12.8. The summed E-state index contributed by atoms with van der Waals surface area (Å²) < 4.78 is 5.73. The molecule has 0 saturated carbocycles. The van der Waals surface area contributed by atoms with Gasteiger partial charge in [-0.15, -0.1) is 0 Å². The van der Waals surface area contributed by atoms with Crippen LogP contribution in [0.3, 0.4) is 0 Å². The Morgan fingerprint density at radius 2 is 2.36 bits per heavy atom. The fourth-order valence-corrected chi connectivity index (χ4v) is 2.74. The fourth-order valence-electron chi connectivity index (χ4n) is 2.74. The molecule has 5 heteroatoms. The second kappa shape index (κ2) is 6.05. The van der Waals surface area contributed by atoms with Crippen molar-refractivity contribution in [1.82, 2.24) is 9.97 Å². The monoisotopic (exact) mass is 297 g/mol. The first-order valence-corrected chi connectivity index (χ1v) is 7.43. The molecule has 0 fully saturated rings. The van der Waals surface area contributed by atoms with Gasteiger partial charge < -0.3 is 14.6 Å². The molecule has 1 aliphatic rings. The molecule has 1 aromatic heterocycles. The molecule has 1 aromatic carbocycles. The van der Waals surface area contributed by atoms with E-state index in [2.05, 4.69) is 16.0 Å². The number of hydrogen-bond acceptors (Lipinski definition) is 3. The van der Waals surface area contributed by atoms with Gasteiger partial charge in [-0.05, 0) is 36.8 Å². The van der Waals surface area contributed by atoms with Crippen LogP contribution in [0.4, 0.5) is 5.69 Å². The maximum atomic E-state index is 11.7. The van der Waals surface area contributed by atoms with E-state index in [0.717, 1.165) is 29.1 Å². The molecule has 1 aliphatic heterocycles. The minimum Gasteiger partial charge on any atom is -0.493 e. The number of fused-ring (bicyclic) bond motifs is 1. The van der Waals surface area contributed by atoms with E-state index in [0.29, 0.717) is 13.2 Å². The molecule has 0 unspecified atom stereocenters. The van der Waals surface area contributed by atoms with Crippen LogP contribution in [0.2, 0.25) is 0 Å². The van der Waals surface area contributed by atoms with Gasteiger partial charge in [0.15, 0.2) is 0 Å². The Morgan fingerprint density at radius 3 is 3.05 bits per heavy atom. The van der Waals surface area contributed by atoms with E-state index in [1.165, 1.54) is 5.57 Å². The van der Waals surface area contributed by atoms with Crippen LogP contribution < -0.4 is 9.64 Å². The maximum Gasteiger partial charge on any atom is 0.223 e. The molecule has 0 saturated heterocycles. The Kier molecular flexibility index (Phi) is 3.96. The predicted molar refractivity (Wildman–Crippen MR) is 86.7 cm³/mol. The maximum absolute atomic E-state index is 11.7. The third-order valence-corrected chi connectivity index (χ3v) is 3.80. The number of rotatable bonds is 3. The van der Waals surface area contributed by atoms with Gasteiger partial charge in [0, 0.05) is 31.1 Å². The van der Waals surface area contributed by atoms with Crippen LogP contribution in [0.15, 0.2) is 30.7 Å². The summed E-state index contributed by atoms with van der Waals surface area (Å²) >= 11 is 0. The number of aromatic amines is 1. The second-order valence-electron chi connectivity index (χ2n) is 5.22. The van der Waals surface area contributed by atoms with Crippen molar-refractivity contribution in [3.8, 4) is 5.75 Å². The number of H-pyrrole nitrogens is 1. The van der Waals surface area contributed by atoms with Crippen LogP contribution in [0.25, 0.3) is 11.6 Å². The lowest BCUT2D eigenvalue weighted by Crippen LogP contribution is -2.28. The van der Waals surface area contributed by atoms with Crippen LogP contribution in [0.1, 0.15) is 31.5 Å². The highest BCUT2D eigenvalue weighted by molar-refractivity contribution is 5.93. The average Bonchev–Trinajstić information content (AvgIpc) is 3.01. The van der Waals surface area contributed by atoms with E-state index >= 15 is 0 Å². The average molecular weight is 297 g/mol. The topological polar surface area (TPSA) is 58.2 Å². The third-order valence-electron chi connectivity index (χ3n) is 3.80. The van der Waals surface area contributed by atoms with Crippen LogP contribution >= 0.6 is 0 Å². The number of nitrogens with zero attached hydrogens (tertiary/aromatic N) is 2. The summed E-state index contributed by atoms with van der Waals surface area (Å²) in [5.41, 5.74) is 4.09. The standard InChI is InChI=1S/C17H19N3O2/c1-3-20(12(2)21)15-4-5-17-16(9-15)13(6-7-22-17)8-14-10-18-11-19-14/h4-5,8-11H,3,6-7H2,1-2H3,(H,18,19)/b13-8-. The lowest BCUT2D eigenvalue weighted by Gasteiger charge is -2.24. The number of anilines is 1. The van der Waals surface area contributed by atoms with E-state index in [1.807, 2.05) is 25.1 Å². The number of nitrogens with one attached hydrogen (secondary N) is 1. The lowest BCUT2D eigenvalue weighted by atomic mass is 9.98. The summed E-state index contributed by atoms with van der Waals surface area (Å²) in [6.07, 6.45) is 6.38. The van der Waals surface area contributed by atoms with Gasteiger partial charge >= 0.3 is 0 Å². The van der Waals surface area contributed by atoms with E-state index in [4.69, 9.17) is 4.74 Å². The van der Waals surface area contributed by atoms with Crippen LogP contribution in [-0.2, 0) is 4.79 Å². The van der Waals surface area contributed by atoms with Gasteiger partial charge in [0.25, 0.3) is 0 Å². The van der Waals surface area contributed by atoms with Gasteiger partial charge in [-0.25, -0.2) is 4.98 Å². The van der Waals surface area contributed by atoms with Crippen molar-refractivity contribution in [2.24, 2.45) is 0 Å². The van der Waals surface area contributed by atoms with Crippen molar-refractivity contribution in [3.05, 3.63) is 42.0 Å². The van der Waals surface area contributed by atoms with E-state index in [-0.39, 0.29) is 5.91 Å². The molecular formula is C17H19N3O2. The number of ether oxygens (including phenoxy) is 1. The largest absolute Gasteiger partial charge is 0.493 e. The molecule has 114 valence electrons. The Morgan fingerprint density at radius 1 is 1.50 bits per heavy atom. The summed E-state index contributed by atoms with van der Waals surface area (Å²) in [5.74, 6) is 0.902. The van der Waals surface area contributed by atoms with Gasteiger partial charge in [0.2, 0.25) is 5.91 Å². The SMILES string of the molecule is CCN(C(C)=O)c1ccc2c(c1)/C(=C\c1cnc[nH]1)CCO2. The molecule has 0 bridgehead atoms. The highest BCUT2D eigenvalue weighted by Gasteiger charge is 2.18. The summed E-state index contributed by atoms with van der Waals surface area (Å²) in [5, 5.41) is 0. The number of carbonyl (C=O) groups is 1. The van der Waals surface area contributed by atoms with E-state index in [9.17, 15) is 4.79 Å². The highest BCUT2D eigenvalue weighted by atomic mass is 16.5. The molecule has 22 heavy (non-hydrogen) atoms. The van der Waals surface area contributed by atoms with Gasteiger partial charge in [-0.2, -0.15) is 0 Å². The molecule has 0 atom stereocenters. The van der Waals surface area contributed by atoms with Gasteiger partial charge in [-0.3, -0.25) is 4.79 Å². The van der Waals surface area contributed by atoms with E-state index < -0.39 is 0 Å². The first-order chi connectivity index (χ1) is 10.7. The van der Waals surface area contributed by atoms with Crippen molar-refractivity contribution >= 4 is 23.2 Å². The zero-order valence-electron chi connectivity index (χ0n) is 12.8. The molecule has 2 aromatic rings. The number of amides is 1. The van der Waals surface area contributed by atoms with Crippen molar-refractivity contribution in [2.45, 2.75) is 20.3 Å². The summed E-state index contributed by atoms with van der Waals surface area (Å²) in [7, 11) is 0.